The summed E-state index contributed by atoms with van der Waals surface area (Å²) in [4.78, 5) is 17.3. The van der Waals surface area contributed by atoms with Gasteiger partial charge in [0, 0.05) is 32.2 Å². The Kier molecular flexibility index (Phi) is 4.62. The lowest BCUT2D eigenvalue weighted by atomic mass is 10.0. The van der Waals surface area contributed by atoms with Crippen molar-refractivity contribution in [2.75, 3.05) is 39.4 Å². The quantitative estimate of drug-likeness (QED) is 0.856. The van der Waals surface area contributed by atoms with Crippen LogP contribution in [-0.2, 0) is 9.53 Å². The van der Waals surface area contributed by atoms with Gasteiger partial charge in [-0.25, -0.2) is 0 Å². The molecule has 3 atom stereocenters. The molecular formula is C16H24N2O2S. The molecule has 21 heavy (non-hydrogen) atoms. The Morgan fingerprint density at radius 3 is 2.81 bits per heavy atom. The van der Waals surface area contributed by atoms with Gasteiger partial charge in [0.1, 0.15) is 0 Å². The molecule has 116 valence electrons. The maximum Gasteiger partial charge on any atom is 0.229 e. The molecule has 2 aliphatic heterocycles. The van der Waals surface area contributed by atoms with Gasteiger partial charge in [-0.3, -0.25) is 9.69 Å². The Balaban J connectivity index is 1.63. The van der Waals surface area contributed by atoms with Gasteiger partial charge in [-0.2, -0.15) is 11.3 Å². The molecule has 3 heterocycles. The molecule has 2 fully saturated rings. The second-order valence-corrected chi connectivity index (χ2v) is 6.99. The number of ether oxygens (including phenoxy) is 1. The fourth-order valence-corrected chi connectivity index (χ4v) is 4.21. The topological polar surface area (TPSA) is 32.8 Å². The third-order valence-electron chi connectivity index (χ3n) is 4.81. The Morgan fingerprint density at radius 1 is 1.38 bits per heavy atom. The van der Waals surface area contributed by atoms with Crippen molar-refractivity contribution in [1.82, 2.24) is 9.80 Å². The van der Waals surface area contributed by atoms with Gasteiger partial charge < -0.3 is 9.64 Å². The number of carbonyl (C=O) groups is 1. The first-order chi connectivity index (χ1) is 10.2. The van der Waals surface area contributed by atoms with E-state index in [1.54, 1.807) is 11.3 Å². The zero-order valence-corrected chi connectivity index (χ0v) is 13.6. The third-order valence-corrected chi connectivity index (χ3v) is 5.51. The maximum atomic E-state index is 12.7. The van der Waals surface area contributed by atoms with Gasteiger partial charge in [0.05, 0.1) is 19.1 Å². The monoisotopic (exact) mass is 308 g/mol. The average Bonchev–Trinajstić information content (AvgIpc) is 3.16. The molecule has 0 bridgehead atoms. The van der Waals surface area contributed by atoms with Crippen LogP contribution in [0, 0.1) is 5.92 Å². The molecule has 0 aromatic carbocycles. The van der Waals surface area contributed by atoms with Gasteiger partial charge >= 0.3 is 0 Å². The van der Waals surface area contributed by atoms with Gasteiger partial charge in [0.2, 0.25) is 5.91 Å². The molecule has 4 nitrogen and oxygen atoms in total. The molecule has 0 N–H and O–H groups in total. The van der Waals surface area contributed by atoms with Crippen molar-refractivity contribution in [3.8, 4) is 0 Å². The lowest BCUT2D eigenvalue weighted by Gasteiger charge is -2.34. The highest BCUT2D eigenvalue weighted by molar-refractivity contribution is 7.08. The van der Waals surface area contributed by atoms with Gasteiger partial charge in [-0.1, -0.05) is 6.92 Å². The van der Waals surface area contributed by atoms with Gasteiger partial charge in [-0.05, 0) is 35.2 Å². The lowest BCUT2D eigenvalue weighted by molar-refractivity contribution is -0.131. The number of thiophene rings is 1. The summed E-state index contributed by atoms with van der Waals surface area (Å²) in [6.07, 6.45) is 0. The van der Waals surface area contributed by atoms with Gasteiger partial charge in [0.25, 0.3) is 0 Å². The molecule has 2 aliphatic rings. The number of morpholine rings is 1. The first-order valence-electron chi connectivity index (χ1n) is 7.79. The Hall–Kier alpha value is -0.910. The van der Waals surface area contributed by atoms with Crippen molar-refractivity contribution < 1.29 is 9.53 Å². The number of nitrogens with zero attached hydrogens (tertiary/aromatic N) is 2. The van der Waals surface area contributed by atoms with Crippen LogP contribution < -0.4 is 0 Å². The molecule has 0 aliphatic carbocycles. The van der Waals surface area contributed by atoms with E-state index in [9.17, 15) is 4.79 Å². The summed E-state index contributed by atoms with van der Waals surface area (Å²) in [5, 5.41) is 4.13. The van der Waals surface area contributed by atoms with E-state index in [0.717, 1.165) is 45.0 Å². The highest BCUT2D eigenvalue weighted by Crippen LogP contribution is 2.27. The van der Waals surface area contributed by atoms with Crippen LogP contribution in [-0.4, -0.2) is 61.1 Å². The number of carbonyl (C=O) groups excluding carboxylic acids is 1. The summed E-state index contributed by atoms with van der Waals surface area (Å²) in [5.74, 6) is 0.796. The smallest absolute Gasteiger partial charge is 0.229 e. The standard InChI is InChI=1S/C16H24N2O2S/c1-12-9-18(10-15(12)17-4-6-20-7-5-17)16(19)13(2)14-3-8-21-11-14/h3,8,11-13,15H,4-7,9-10H2,1-2H3/t12-,13-,15-/m0/s1. The summed E-state index contributed by atoms with van der Waals surface area (Å²) >= 11 is 1.66. The molecule has 5 heteroatoms. The number of likely N-dealkylation sites (tertiary alicyclic amines) is 1. The van der Waals surface area contributed by atoms with E-state index in [-0.39, 0.29) is 11.8 Å². The second kappa shape index (κ2) is 6.46. The summed E-state index contributed by atoms with van der Waals surface area (Å²) in [6.45, 7) is 9.68. The molecule has 0 spiro atoms. The van der Waals surface area contributed by atoms with E-state index in [1.807, 2.05) is 12.3 Å². The number of amides is 1. The van der Waals surface area contributed by atoms with Crippen molar-refractivity contribution in [2.45, 2.75) is 25.8 Å². The van der Waals surface area contributed by atoms with Crippen molar-refractivity contribution in [3.63, 3.8) is 0 Å². The van der Waals surface area contributed by atoms with Crippen molar-refractivity contribution >= 4 is 17.2 Å². The van der Waals surface area contributed by atoms with E-state index < -0.39 is 0 Å². The van der Waals surface area contributed by atoms with Crippen LogP contribution in [0.15, 0.2) is 16.8 Å². The van der Waals surface area contributed by atoms with Crippen LogP contribution >= 0.6 is 11.3 Å². The van der Waals surface area contributed by atoms with Crippen molar-refractivity contribution in [1.29, 1.82) is 0 Å². The number of rotatable bonds is 3. The highest BCUT2D eigenvalue weighted by Gasteiger charge is 2.37. The molecule has 1 aromatic heterocycles. The largest absolute Gasteiger partial charge is 0.379 e. The summed E-state index contributed by atoms with van der Waals surface area (Å²) < 4.78 is 5.43. The average molecular weight is 308 g/mol. The van der Waals surface area contributed by atoms with Crippen LogP contribution in [0.5, 0.6) is 0 Å². The molecule has 2 saturated heterocycles. The highest BCUT2D eigenvalue weighted by atomic mass is 32.1. The molecule has 1 amide bonds. The van der Waals surface area contributed by atoms with E-state index >= 15 is 0 Å². The number of hydrogen-bond donors (Lipinski definition) is 0. The molecule has 0 radical (unpaired) electrons. The fraction of sp³-hybridized carbons (Fsp3) is 0.688. The number of hydrogen-bond acceptors (Lipinski definition) is 4. The van der Waals surface area contributed by atoms with E-state index in [4.69, 9.17) is 4.74 Å². The third kappa shape index (κ3) is 3.15. The molecule has 0 saturated carbocycles. The van der Waals surface area contributed by atoms with Crippen molar-refractivity contribution in [2.24, 2.45) is 5.92 Å². The Bertz CT molecular complexity index is 471. The van der Waals surface area contributed by atoms with Crippen LogP contribution in [0.3, 0.4) is 0 Å². The SMILES string of the molecule is C[C@H](C(=O)N1C[C@H](C)[C@@H](N2CCOCC2)C1)c1ccsc1. The van der Waals surface area contributed by atoms with Gasteiger partial charge in [-0.15, -0.1) is 0 Å². The molecular weight excluding hydrogens is 284 g/mol. The lowest BCUT2D eigenvalue weighted by Crippen LogP contribution is -2.47. The fourth-order valence-electron chi connectivity index (χ4n) is 3.45. The van der Waals surface area contributed by atoms with E-state index in [2.05, 4.69) is 28.2 Å². The minimum absolute atomic E-state index is 0.0214. The van der Waals surface area contributed by atoms with Crippen LogP contribution in [0.25, 0.3) is 0 Å². The van der Waals surface area contributed by atoms with E-state index in [1.165, 1.54) is 0 Å². The molecule has 0 unspecified atom stereocenters. The van der Waals surface area contributed by atoms with Gasteiger partial charge in [0.15, 0.2) is 0 Å². The zero-order valence-electron chi connectivity index (χ0n) is 12.8. The summed E-state index contributed by atoms with van der Waals surface area (Å²) in [5.41, 5.74) is 1.15. The normalized spacial score (nSPS) is 28.8. The second-order valence-electron chi connectivity index (χ2n) is 6.21. The molecule has 1 aromatic rings. The maximum absolute atomic E-state index is 12.7. The van der Waals surface area contributed by atoms with Crippen LogP contribution in [0.2, 0.25) is 0 Å². The first-order valence-corrected chi connectivity index (χ1v) is 8.73. The van der Waals surface area contributed by atoms with E-state index in [0.29, 0.717) is 12.0 Å². The minimum Gasteiger partial charge on any atom is -0.379 e. The predicted octanol–water partition coefficient (Wildman–Crippen LogP) is 2.03. The van der Waals surface area contributed by atoms with Crippen LogP contribution in [0.4, 0.5) is 0 Å². The Morgan fingerprint density at radius 2 is 2.14 bits per heavy atom. The van der Waals surface area contributed by atoms with Crippen molar-refractivity contribution in [3.05, 3.63) is 22.4 Å². The summed E-state index contributed by atoms with van der Waals surface area (Å²) in [7, 11) is 0. The molecule has 3 rings (SSSR count). The predicted molar refractivity (Wildman–Crippen MR) is 84.7 cm³/mol. The zero-order chi connectivity index (χ0) is 14.8. The Labute approximate surface area is 130 Å². The minimum atomic E-state index is -0.0214. The van der Waals surface area contributed by atoms with Crippen LogP contribution in [0.1, 0.15) is 25.3 Å². The first kappa shape index (κ1) is 15.0. The summed E-state index contributed by atoms with van der Waals surface area (Å²) in [6, 6.07) is 2.55.